The predicted molar refractivity (Wildman–Crippen MR) is 81.0 cm³/mol. The van der Waals surface area contributed by atoms with E-state index in [1.807, 2.05) is 27.8 Å². The van der Waals surface area contributed by atoms with Crippen molar-refractivity contribution < 1.29 is 9.59 Å². The maximum absolute atomic E-state index is 11.1. The minimum Gasteiger partial charge on any atom is -0.349 e. The van der Waals surface area contributed by atoms with E-state index in [0.717, 1.165) is 0 Å². The number of nitrogens with zero attached hydrogens (tertiary/aromatic N) is 2. The molecule has 0 aromatic heterocycles. The van der Waals surface area contributed by atoms with E-state index < -0.39 is 0 Å². The summed E-state index contributed by atoms with van der Waals surface area (Å²) < 4.78 is 0. The van der Waals surface area contributed by atoms with E-state index in [4.69, 9.17) is 0 Å². The molecule has 0 saturated heterocycles. The number of carbonyl (C=O) groups excluding carboxylic acids is 2. The molecule has 0 saturated carbocycles. The van der Waals surface area contributed by atoms with Crippen LogP contribution in [0.1, 0.15) is 54.9 Å². The molecule has 0 heterocycles. The number of carbonyl (C=O) groups is 2. The van der Waals surface area contributed by atoms with Gasteiger partial charge in [0.15, 0.2) is 0 Å². The van der Waals surface area contributed by atoms with Crippen molar-refractivity contribution in [3.05, 3.63) is 0 Å². The third-order valence-electron chi connectivity index (χ3n) is 2.66. The van der Waals surface area contributed by atoms with E-state index in [1.54, 1.807) is 30.8 Å². The third kappa shape index (κ3) is 11.7. The smallest absolute Gasteiger partial charge is 0.222 e. The molecular formula is C15H32N2O2. The molecule has 2 amide bonds. The average Bonchev–Trinajstić information content (AvgIpc) is 2.13. The molecule has 4 heteroatoms. The van der Waals surface area contributed by atoms with Crippen LogP contribution in [0, 0.1) is 5.41 Å². The highest BCUT2D eigenvalue weighted by Gasteiger charge is 2.18. The predicted octanol–water partition coefficient (Wildman–Crippen LogP) is 2.77. The SMILES string of the molecule is CC(=O)N(C)C(C)(C)C.CN(C)C(=O)CC(C)(C)C. The molecule has 0 aliphatic heterocycles. The topological polar surface area (TPSA) is 40.6 Å². The Balaban J connectivity index is 0. The minimum absolute atomic E-state index is 0.0359. The second-order valence-electron chi connectivity index (χ2n) is 7.27. The summed E-state index contributed by atoms with van der Waals surface area (Å²) in [6.07, 6.45) is 0.625. The number of amides is 2. The van der Waals surface area contributed by atoms with Gasteiger partial charge in [0.1, 0.15) is 0 Å². The fourth-order valence-electron chi connectivity index (χ4n) is 1.08. The molecule has 19 heavy (non-hydrogen) atoms. The normalized spacial score (nSPS) is 11.3. The van der Waals surface area contributed by atoms with Gasteiger partial charge in [0.05, 0.1) is 0 Å². The molecule has 0 spiro atoms. The molecule has 0 bridgehead atoms. The first-order valence-electron chi connectivity index (χ1n) is 6.63. The Labute approximate surface area is 119 Å². The van der Waals surface area contributed by atoms with Gasteiger partial charge in [-0.05, 0) is 26.2 Å². The minimum atomic E-state index is -0.0359. The van der Waals surface area contributed by atoms with Crippen molar-refractivity contribution in [2.24, 2.45) is 5.41 Å². The zero-order valence-electron chi connectivity index (χ0n) is 14.4. The molecule has 0 aromatic rings. The molecular weight excluding hydrogens is 240 g/mol. The van der Waals surface area contributed by atoms with E-state index >= 15 is 0 Å². The van der Waals surface area contributed by atoms with E-state index in [2.05, 4.69) is 20.8 Å². The number of rotatable bonds is 1. The highest BCUT2D eigenvalue weighted by atomic mass is 16.2. The summed E-state index contributed by atoms with van der Waals surface area (Å²) >= 11 is 0. The standard InChI is InChI=1S/C8H17NO.C7H15NO/c1-8(2,3)6-7(10)9(4)5;1-6(9)8(5)7(2,3)4/h6H2,1-5H3;1-5H3. The fraction of sp³-hybridized carbons (Fsp3) is 0.867. The Morgan fingerprint density at radius 2 is 1.26 bits per heavy atom. The van der Waals surface area contributed by atoms with Gasteiger partial charge in [0.25, 0.3) is 0 Å². The molecule has 114 valence electrons. The zero-order valence-corrected chi connectivity index (χ0v) is 14.4. The van der Waals surface area contributed by atoms with Crippen molar-refractivity contribution in [2.75, 3.05) is 21.1 Å². The first-order valence-corrected chi connectivity index (χ1v) is 6.63. The highest BCUT2D eigenvalue weighted by molar-refractivity contribution is 5.76. The zero-order chi connectivity index (χ0) is 16.0. The van der Waals surface area contributed by atoms with Gasteiger partial charge in [-0.2, -0.15) is 0 Å². The molecule has 0 radical (unpaired) electrons. The van der Waals surface area contributed by atoms with Crippen molar-refractivity contribution in [2.45, 2.75) is 60.4 Å². The molecule has 4 nitrogen and oxygen atoms in total. The Kier molecular flexibility index (Phi) is 8.01. The first kappa shape index (κ1) is 20.3. The van der Waals surface area contributed by atoms with Gasteiger partial charge in [-0.3, -0.25) is 9.59 Å². The van der Waals surface area contributed by atoms with Crippen LogP contribution in [0.15, 0.2) is 0 Å². The maximum atomic E-state index is 11.1. The second kappa shape index (κ2) is 7.51. The summed E-state index contributed by atoms with van der Waals surface area (Å²) in [7, 11) is 5.38. The lowest BCUT2D eigenvalue weighted by Crippen LogP contribution is -2.41. The van der Waals surface area contributed by atoms with E-state index in [-0.39, 0.29) is 22.8 Å². The fourth-order valence-corrected chi connectivity index (χ4v) is 1.08. The van der Waals surface area contributed by atoms with Crippen molar-refractivity contribution in [1.82, 2.24) is 9.80 Å². The number of hydrogen-bond acceptors (Lipinski definition) is 2. The van der Waals surface area contributed by atoms with Gasteiger partial charge < -0.3 is 9.80 Å². The summed E-state index contributed by atoms with van der Waals surface area (Å²) in [4.78, 5) is 25.1. The largest absolute Gasteiger partial charge is 0.349 e. The summed E-state index contributed by atoms with van der Waals surface area (Å²) in [6, 6.07) is 0. The summed E-state index contributed by atoms with van der Waals surface area (Å²) in [5, 5.41) is 0. The average molecular weight is 272 g/mol. The first-order chi connectivity index (χ1) is 8.18. The van der Waals surface area contributed by atoms with Crippen LogP contribution >= 0.6 is 0 Å². The van der Waals surface area contributed by atoms with Crippen molar-refractivity contribution in [3.8, 4) is 0 Å². The van der Waals surface area contributed by atoms with Crippen LogP contribution in [0.2, 0.25) is 0 Å². The Morgan fingerprint density at radius 3 is 1.32 bits per heavy atom. The molecule has 0 aliphatic rings. The van der Waals surface area contributed by atoms with Gasteiger partial charge in [0.2, 0.25) is 11.8 Å². The number of hydrogen-bond donors (Lipinski definition) is 0. The van der Waals surface area contributed by atoms with E-state index in [9.17, 15) is 9.59 Å². The lowest BCUT2D eigenvalue weighted by molar-refractivity contribution is -0.132. The van der Waals surface area contributed by atoms with Gasteiger partial charge in [0, 0.05) is 40.0 Å². The molecule has 0 aliphatic carbocycles. The van der Waals surface area contributed by atoms with Crippen LogP contribution in [-0.2, 0) is 9.59 Å². The van der Waals surface area contributed by atoms with Gasteiger partial charge in [-0.25, -0.2) is 0 Å². The van der Waals surface area contributed by atoms with Crippen LogP contribution in [0.25, 0.3) is 0 Å². The lowest BCUT2D eigenvalue weighted by Gasteiger charge is -2.30. The molecule has 0 atom stereocenters. The molecule has 0 rings (SSSR count). The summed E-state index contributed by atoms with van der Waals surface area (Å²) in [5.41, 5.74) is 0.0766. The Morgan fingerprint density at radius 1 is 0.895 bits per heavy atom. The van der Waals surface area contributed by atoms with Crippen LogP contribution in [0.4, 0.5) is 0 Å². The quantitative estimate of drug-likeness (QED) is 0.736. The Bertz CT molecular complexity index is 296. The molecule has 0 unspecified atom stereocenters. The summed E-state index contributed by atoms with van der Waals surface area (Å²) in [5.74, 6) is 0.315. The van der Waals surface area contributed by atoms with Crippen molar-refractivity contribution >= 4 is 11.8 Å². The molecule has 0 aromatic carbocycles. The van der Waals surface area contributed by atoms with Crippen molar-refractivity contribution in [3.63, 3.8) is 0 Å². The van der Waals surface area contributed by atoms with Crippen molar-refractivity contribution in [1.29, 1.82) is 0 Å². The van der Waals surface area contributed by atoms with Crippen LogP contribution in [0.5, 0.6) is 0 Å². The Hall–Kier alpha value is -1.06. The molecule has 0 fully saturated rings. The van der Waals surface area contributed by atoms with Gasteiger partial charge in [-0.15, -0.1) is 0 Å². The van der Waals surface area contributed by atoms with E-state index in [1.165, 1.54) is 0 Å². The summed E-state index contributed by atoms with van der Waals surface area (Å²) in [6.45, 7) is 13.8. The maximum Gasteiger partial charge on any atom is 0.222 e. The van der Waals surface area contributed by atoms with Crippen LogP contribution in [-0.4, -0.2) is 48.3 Å². The van der Waals surface area contributed by atoms with Gasteiger partial charge >= 0.3 is 0 Å². The van der Waals surface area contributed by atoms with Gasteiger partial charge in [-0.1, -0.05) is 20.8 Å². The third-order valence-corrected chi connectivity index (χ3v) is 2.66. The second-order valence-corrected chi connectivity index (χ2v) is 7.27. The van der Waals surface area contributed by atoms with Crippen LogP contribution in [0.3, 0.4) is 0 Å². The van der Waals surface area contributed by atoms with E-state index in [0.29, 0.717) is 6.42 Å². The lowest BCUT2D eigenvalue weighted by atomic mass is 9.92. The van der Waals surface area contributed by atoms with Crippen LogP contribution < -0.4 is 0 Å². The highest BCUT2D eigenvalue weighted by Crippen LogP contribution is 2.18. The monoisotopic (exact) mass is 272 g/mol. The molecule has 0 N–H and O–H groups in total.